The van der Waals surface area contributed by atoms with E-state index in [1.807, 2.05) is 0 Å². The Morgan fingerprint density at radius 3 is 2.46 bits per heavy atom. The van der Waals surface area contributed by atoms with E-state index >= 15 is 0 Å². The van der Waals surface area contributed by atoms with Crippen molar-refractivity contribution in [3.05, 3.63) is 23.8 Å². The zero-order valence-electron chi connectivity index (χ0n) is 13.2. The number of piperidine rings is 1. The highest BCUT2D eigenvalue weighted by atomic mass is 16.5. The number of aromatic hydroxyl groups is 2. The molecule has 0 radical (unpaired) electrons. The fourth-order valence-corrected chi connectivity index (χ4v) is 2.52. The summed E-state index contributed by atoms with van der Waals surface area (Å²) in [6, 6.07) is 3.45. The van der Waals surface area contributed by atoms with Crippen LogP contribution >= 0.6 is 0 Å². The molecule has 1 saturated heterocycles. The average molecular weight is 337 g/mol. The van der Waals surface area contributed by atoms with Crippen molar-refractivity contribution in [3.63, 3.8) is 0 Å². The van der Waals surface area contributed by atoms with Crippen molar-refractivity contribution in [1.29, 1.82) is 0 Å². The minimum absolute atomic E-state index is 0.134. The van der Waals surface area contributed by atoms with Crippen LogP contribution in [0.15, 0.2) is 18.2 Å². The van der Waals surface area contributed by atoms with E-state index in [2.05, 4.69) is 4.74 Å². The van der Waals surface area contributed by atoms with E-state index in [1.54, 1.807) is 0 Å². The fraction of sp³-hybridized carbons (Fsp3) is 0.438. The van der Waals surface area contributed by atoms with Crippen LogP contribution in [-0.4, -0.2) is 59.8 Å². The Morgan fingerprint density at radius 2 is 1.88 bits per heavy atom. The van der Waals surface area contributed by atoms with Gasteiger partial charge < -0.3 is 24.6 Å². The van der Waals surface area contributed by atoms with Crippen LogP contribution in [0.5, 0.6) is 11.5 Å². The van der Waals surface area contributed by atoms with E-state index < -0.39 is 18.3 Å². The molecule has 0 aliphatic carbocycles. The lowest BCUT2D eigenvalue weighted by atomic mass is 9.97. The molecule has 2 rings (SSSR count). The average Bonchev–Trinajstić information content (AvgIpc) is 2.58. The summed E-state index contributed by atoms with van der Waals surface area (Å²) in [4.78, 5) is 36.8. The van der Waals surface area contributed by atoms with Crippen LogP contribution in [0.1, 0.15) is 23.2 Å². The van der Waals surface area contributed by atoms with Gasteiger partial charge in [0.05, 0.1) is 13.0 Å². The van der Waals surface area contributed by atoms with E-state index in [-0.39, 0.29) is 29.1 Å². The number of rotatable bonds is 4. The van der Waals surface area contributed by atoms with Gasteiger partial charge in [-0.25, -0.2) is 4.79 Å². The third kappa shape index (κ3) is 4.15. The predicted molar refractivity (Wildman–Crippen MR) is 81.4 cm³/mol. The second-order valence-electron chi connectivity index (χ2n) is 5.46. The molecule has 0 spiro atoms. The van der Waals surface area contributed by atoms with E-state index in [0.717, 1.165) is 6.07 Å². The summed E-state index contributed by atoms with van der Waals surface area (Å²) >= 11 is 0. The van der Waals surface area contributed by atoms with Crippen molar-refractivity contribution in [2.45, 2.75) is 12.8 Å². The Morgan fingerprint density at radius 1 is 1.21 bits per heavy atom. The Hall–Kier alpha value is -2.77. The summed E-state index contributed by atoms with van der Waals surface area (Å²) in [5.74, 6) is -2.33. The highest BCUT2D eigenvalue weighted by Gasteiger charge is 2.28. The molecule has 1 amide bonds. The SMILES string of the molecule is COC(=O)C1CCN(C(=O)COC(=O)c2ccc(O)cc2O)CC1. The highest BCUT2D eigenvalue weighted by molar-refractivity contribution is 5.94. The molecule has 1 heterocycles. The van der Waals surface area contributed by atoms with Crippen molar-refractivity contribution in [2.75, 3.05) is 26.8 Å². The summed E-state index contributed by atoms with van der Waals surface area (Å²) in [5, 5.41) is 18.8. The highest BCUT2D eigenvalue weighted by Crippen LogP contribution is 2.23. The van der Waals surface area contributed by atoms with Gasteiger partial charge in [-0.3, -0.25) is 9.59 Å². The van der Waals surface area contributed by atoms with Gasteiger partial charge in [-0.05, 0) is 25.0 Å². The Kier molecular flexibility index (Phi) is 5.62. The van der Waals surface area contributed by atoms with Crippen LogP contribution in [0.25, 0.3) is 0 Å². The number of methoxy groups -OCH3 is 1. The van der Waals surface area contributed by atoms with Crippen LogP contribution in [0.2, 0.25) is 0 Å². The second kappa shape index (κ2) is 7.67. The summed E-state index contributed by atoms with van der Waals surface area (Å²) in [6.07, 6.45) is 1.01. The topological polar surface area (TPSA) is 113 Å². The molecule has 2 N–H and O–H groups in total. The molecule has 1 fully saturated rings. The summed E-state index contributed by atoms with van der Waals surface area (Å²) in [5.41, 5.74) is -0.134. The Bertz CT molecular complexity index is 635. The van der Waals surface area contributed by atoms with Gasteiger partial charge >= 0.3 is 11.9 Å². The lowest BCUT2D eigenvalue weighted by molar-refractivity contribution is -0.149. The van der Waals surface area contributed by atoms with E-state index in [4.69, 9.17) is 4.74 Å². The first-order valence-corrected chi connectivity index (χ1v) is 7.47. The minimum atomic E-state index is -0.856. The molecule has 0 unspecified atom stereocenters. The summed E-state index contributed by atoms with van der Waals surface area (Å²) in [6.45, 7) is 0.323. The van der Waals surface area contributed by atoms with Crippen molar-refractivity contribution < 1.29 is 34.1 Å². The number of hydrogen-bond acceptors (Lipinski definition) is 7. The van der Waals surface area contributed by atoms with Crippen LogP contribution in [0, 0.1) is 5.92 Å². The summed E-state index contributed by atoms with van der Waals surface area (Å²) < 4.78 is 9.58. The number of esters is 2. The first-order chi connectivity index (χ1) is 11.4. The number of amides is 1. The number of ether oxygens (including phenoxy) is 2. The van der Waals surface area contributed by atoms with Gasteiger partial charge in [0.15, 0.2) is 6.61 Å². The molecular weight excluding hydrogens is 318 g/mol. The maximum Gasteiger partial charge on any atom is 0.342 e. The monoisotopic (exact) mass is 337 g/mol. The smallest absolute Gasteiger partial charge is 0.342 e. The van der Waals surface area contributed by atoms with Crippen LogP contribution in [0.3, 0.4) is 0 Å². The van der Waals surface area contributed by atoms with E-state index in [0.29, 0.717) is 25.9 Å². The van der Waals surface area contributed by atoms with E-state index in [1.165, 1.54) is 24.1 Å². The number of hydrogen-bond donors (Lipinski definition) is 2. The number of phenolic OH excluding ortho intramolecular Hbond substituents is 2. The number of carbonyl (C=O) groups excluding carboxylic acids is 3. The molecule has 8 heteroatoms. The minimum Gasteiger partial charge on any atom is -0.508 e. The summed E-state index contributed by atoms with van der Waals surface area (Å²) in [7, 11) is 1.33. The van der Waals surface area contributed by atoms with E-state index in [9.17, 15) is 24.6 Å². The van der Waals surface area contributed by atoms with Gasteiger partial charge in [0.25, 0.3) is 5.91 Å². The van der Waals surface area contributed by atoms with Crippen molar-refractivity contribution >= 4 is 17.8 Å². The molecule has 8 nitrogen and oxygen atoms in total. The molecule has 130 valence electrons. The maximum absolute atomic E-state index is 12.0. The van der Waals surface area contributed by atoms with Gasteiger partial charge in [-0.2, -0.15) is 0 Å². The Balaban J connectivity index is 1.83. The second-order valence-corrected chi connectivity index (χ2v) is 5.46. The zero-order chi connectivity index (χ0) is 17.7. The van der Waals surface area contributed by atoms with Gasteiger partial charge in [-0.1, -0.05) is 0 Å². The molecule has 0 saturated carbocycles. The zero-order valence-corrected chi connectivity index (χ0v) is 13.2. The molecule has 24 heavy (non-hydrogen) atoms. The fourth-order valence-electron chi connectivity index (χ4n) is 2.52. The predicted octanol–water partition coefficient (Wildman–Crippen LogP) is 0.666. The standard InChI is InChI=1S/C16H19NO7/c1-23-15(21)10-4-6-17(7-5-10)14(20)9-24-16(22)12-3-2-11(18)8-13(12)19/h2-3,8,10,18-19H,4-7,9H2,1H3. The molecule has 0 bridgehead atoms. The number of carbonyl (C=O) groups is 3. The van der Waals surface area contributed by atoms with Crippen molar-refractivity contribution in [1.82, 2.24) is 4.90 Å². The van der Waals surface area contributed by atoms with Gasteiger partial charge in [0.2, 0.25) is 0 Å². The number of phenols is 2. The molecule has 1 aliphatic rings. The molecule has 0 atom stereocenters. The largest absolute Gasteiger partial charge is 0.508 e. The molecule has 1 aromatic rings. The maximum atomic E-state index is 12.0. The van der Waals surface area contributed by atoms with Gasteiger partial charge in [0, 0.05) is 19.2 Å². The third-order valence-electron chi connectivity index (χ3n) is 3.91. The number of nitrogens with zero attached hydrogens (tertiary/aromatic N) is 1. The van der Waals surface area contributed by atoms with Crippen molar-refractivity contribution in [2.24, 2.45) is 5.92 Å². The quantitative estimate of drug-likeness (QED) is 0.776. The number of benzene rings is 1. The Labute approximate surface area is 138 Å². The molecule has 1 aliphatic heterocycles. The third-order valence-corrected chi connectivity index (χ3v) is 3.91. The normalized spacial score (nSPS) is 15.0. The van der Waals surface area contributed by atoms with Gasteiger partial charge in [-0.15, -0.1) is 0 Å². The first kappa shape index (κ1) is 17.6. The molecular formula is C16H19NO7. The van der Waals surface area contributed by atoms with Crippen LogP contribution in [-0.2, 0) is 19.1 Å². The molecule has 0 aromatic heterocycles. The van der Waals surface area contributed by atoms with Crippen LogP contribution < -0.4 is 0 Å². The van der Waals surface area contributed by atoms with Gasteiger partial charge in [0.1, 0.15) is 17.1 Å². The lowest BCUT2D eigenvalue weighted by Crippen LogP contribution is -2.42. The number of likely N-dealkylation sites (tertiary alicyclic amines) is 1. The lowest BCUT2D eigenvalue weighted by Gasteiger charge is -2.30. The first-order valence-electron chi connectivity index (χ1n) is 7.47. The van der Waals surface area contributed by atoms with Crippen molar-refractivity contribution in [3.8, 4) is 11.5 Å². The van der Waals surface area contributed by atoms with Crippen LogP contribution in [0.4, 0.5) is 0 Å². The molecule has 1 aromatic carbocycles.